The molecule has 1 amide bonds. The lowest BCUT2D eigenvalue weighted by atomic mass is 10.1. The number of nitrogens with zero attached hydrogens (tertiary/aromatic N) is 1. The molecule has 2 N–H and O–H groups in total. The van der Waals surface area contributed by atoms with E-state index < -0.39 is 10.0 Å². The number of benzene rings is 1. The Morgan fingerprint density at radius 1 is 1.15 bits per heavy atom. The molecule has 3 rings (SSSR count). The second-order valence-corrected chi connectivity index (χ2v) is 9.97. The van der Waals surface area contributed by atoms with Crippen molar-refractivity contribution in [1.82, 2.24) is 9.62 Å². The highest BCUT2D eigenvalue weighted by Gasteiger charge is 2.36. The van der Waals surface area contributed by atoms with Gasteiger partial charge in [0.25, 0.3) is 5.91 Å². The number of sulfonamides is 1. The minimum absolute atomic E-state index is 0.00651. The van der Waals surface area contributed by atoms with Crippen LogP contribution in [0.3, 0.4) is 0 Å². The van der Waals surface area contributed by atoms with E-state index in [0.29, 0.717) is 24.9 Å². The summed E-state index contributed by atoms with van der Waals surface area (Å²) in [5.74, 6) is -0.150. The first-order chi connectivity index (χ1) is 12.3. The summed E-state index contributed by atoms with van der Waals surface area (Å²) < 4.78 is 26.7. The number of amides is 1. The molecule has 1 aromatic rings. The van der Waals surface area contributed by atoms with E-state index in [-0.39, 0.29) is 29.3 Å². The van der Waals surface area contributed by atoms with Gasteiger partial charge in [0.2, 0.25) is 10.0 Å². The summed E-state index contributed by atoms with van der Waals surface area (Å²) in [6.07, 6.45) is 3.38. The van der Waals surface area contributed by atoms with Crippen LogP contribution < -0.4 is 5.32 Å². The molecular formula is C19H28N2O4S. The Bertz CT molecular complexity index is 747. The second kappa shape index (κ2) is 7.66. The highest BCUT2D eigenvalue weighted by atomic mass is 32.2. The number of hydrogen-bond acceptors (Lipinski definition) is 4. The third-order valence-corrected chi connectivity index (χ3v) is 8.01. The van der Waals surface area contributed by atoms with Gasteiger partial charge < -0.3 is 10.4 Å². The first kappa shape index (κ1) is 19.3. The smallest absolute Gasteiger partial charge is 0.251 e. The predicted octanol–water partition coefficient (Wildman–Crippen LogP) is 2.03. The van der Waals surface area contributed by atoms with Gasteiger partial charge in [-0.3, -0.25) is 4.79 Å². The molecular weight excluding hydrogens is 352 g/mol. The van der Waals surface area contributed by atoms with Crippen molar-refractivity contribution in [1.29, 1.82) is 0 Å². The molecule has 0 spiro atoms. The van der Waals surface area contributed by atoms with Gasteiger partial charge in [-0.05, 0) is 63.6 Å². The Balaban J connectivity index is 1.65. The van der Waals surface area contributed by atoms with E-state index in [4.69, 9.17) is 0 Å². The van der Waals surface area contributed by atoms with Gasteiger partial charge in [-0.15, -0.1) is 0 Å². The van der Waals surface area contributed by atoms with Gasteiger partial charge in [-0.1, -0.05) is 12.1 Å². The third kappa shape index (κ3) is 4.10. The highest BCUT2D eigenvalue weighted by molar-refractivity contribution is 7.89. The monoisotopic (exact) mass is 380 g/mol. The number of hydrogen-bond donors (Lipinski definition) is 2. The predicted molar refractivity (Wildman–Crippen MR) is 100 cm³/mol. The molecule has 0 bridgehead atoms. The number of carbonyl (C=O) groups is 1. The van der Waals surface area contributed by atoms with Crippen LogP contribution in [0.25, 0.3) is 0 Å². The van der Waals surface area contributed by atoms with Crippen LogP contribution in [0.4, 0.5) is 0 Å². The van der Waals surface area contributed by atoms with E-state index >= 15 is 0 Å². The molecule has 26 heavy (non-hydrogen) atoms. The average molecular weight is 381 g/mol. The number of nitrogens with one attached hydrogen (secondary N) is 1. The number of aliphatic hydroxyl groups excluding tert-OH is 1. The van der Waals surface area contributed by atoms with Gasteiger partial charge >= 0.3 is 0 Å². The number of rotatable bonds is 4. The highest BCUT2D eigenvalue weighted by Crippen LogP contribution is 2.28. The van der Waals surface area contributed by atoms with Crippen molar-refractivity contribution >= 4 is 15.9 Å². The van der Waals surface area contributed by atoms with Crippen LogP contribution in [0.2, 0.25) is 0 Å². The summed E-state index contributed by atoms with van der Waals surface area (Å²) in [6, 6.07) is 7.13. The summed E-state index contributed by atoms with van der Waals surface area (Å²) in [6.45, 7) is 4.05. The molecule has 1 saturated carbocycles. The Hall–Kier alpha value is -1.44. The summed E-state index contributed by atoms with van der Waals surface area (Å²) in [7, 11) is -3.27. The Labute approximate surface area is 155 Å². The molecule has 0 radical (unpaired) electrons. The molecule has 7 heteroatoms. The second-order valence-electron chi connectivity index (χ2n) is 7.66. The lowest BCUT2D eigenvalue weighted by molar-refractivity contribution is 0.0934. The van der Waals surface area contributed by atoms with Crippen molar-refractivity contribution in [3.63, 3.8) is 0 Å². The molecule has 2 aliphatic rings. The quantitative estimate of drug-likeness (QED) is 0.837. The maximum atomic E-state index is 12.6. The minimum Gasteiger partial charge on any atom is -0.393 e. The zero-order chi connectivity index (χ0) is 18.9. The lowest BCUT2D eigenvalue weighted by Gasteiger charge is -2.36. The maximum Gasteiger partial charge on any atom is 0.251 e. The largest absolute Gasteiger partial charge is 0.393 e. The fourth-order valence-corrected chi connectivity index (χ4v) is 5.63. The molecule has 1 aromatic carbocycles. The minimum atomic E-state index is -3.27. The van der Waals surface area contributed by atoms with Crippen LogP contribution in [0, 0.1) is 0 Å². The summed E-state index contributed by atoms with van der Waals surface area (Å²) in [5.41, 5.74) is 1.43. The normalized spacial score (nSPS) is 31.7. The molecule has 144 valence electrons. The van der Waals surface area contributed by atoms with Gasteiger partial charge in [0, 0.05) is 24.2 Å². The molecule has 1 aliphatic carbocycles. The average Bonchev–Trinajstić information content (AvgIpc) is 3.01. The fraction of sp³-hybridized carbons (Fsp3) is 0.632. The van der Waals surface area contributed by atoms with Gasteiger partial charge in [-0.2, -0.15) is 4.31 Å². The zero-order valence-corrected chi connectivity index (χ0v) is 16.2. The van der Waals surface area contributed by atoms with Crippen molar-refractivity contribution < 1.29 is 18.3 Å². The van der Waals surface area contributed by atoms with Crippen molar-refractivity contribution in [3.8, 4) is 0 Å². The summed E-state index contributed by atoms with van der Waals surface area (Å²) >= 11 is 0. The van der Waals surface area contributed by atoms with Gasteiger partial charge in [0.15, 0.2) is 0 Å². The standard InChI is InChI=1S/C19H28N2O4S/c1-13-3-4-14(2)26(24,25)21(13)12-15-5-7-16(8-6-15)19(23)20-17-9-10-18(22)11-17/h5-8,13-14,17-18,22H,3-4,9-12H2,1-2H3,(H,20,23)/t13-,14?,17?,18?/m0/s1. The van der Waals surface area contributed by atoms with E-state index in [2.05, 4.69) is 5.32 Å². The van der Waals surface area contributed by atoms with Crippen molar-refractivity contribution in [2.45, 2.75) is 75.9 Å². The van der Waals surface area contributed by atoms with Crippen LogP contribution in [-0.4, -0.2) is 47.2 Å². The van der Waals surface area contributed by atoms with E-state index in [0.717, 1.165) is 24.8 Å². The number of carbonyl (C=O) groups excluding carboxylic acids is 1. The molecule has 6 nitrogen and oxygen atoms in total. The van der Waals surface area contributed by atoms with Crippen LogP contribution >= 0.6 is 0 Å². The van der Waals surface area contributed by atoms with E-state index in [1.807, 2.05) is 19.1 Å². The van der Waals surface area contributed by atoms with Gasteiger partial charge in [0.1, 0.15) is 0 Å². The summed E-state index contributed by atoms with van der Waals surface area (Å²) in [5, 5.41) is 12.2. The van der Waals surface area contributed by atoms with Crippen LogP contribution in [-0.2, 0) is 16.6 Å². The maximum absolute atomic E-state index is 12.6. The molecule has 0 aromatic heterocycles. The third-order valence-electron chi connectivity index (χ3n) is 5.61. The van der Waals surface area contributed by atoms with Crippen LogP contribution in [0.15, 0.2) is 24.3 Å². The van der Waals surface area contributed by atoms with Crippen molar-refractivity contribution in [3.05, 3.63) is 35.4 Å². The van der Waals surface area contributed by atoms with Crippen molar-refractivity contribution in [2.24, 2.45) is 0 Å². The topological polar surface area (TPSA) is 86.7 Å². The molecule has 4 atom stereocenters. The molecule has 3 unspecified atom stereocenters. The SMILES string of the molecule is CC1CC[C@H](C)N(Cc2ccc(C(=O)NC3CCC(O)C3)cc2)S1(=O)=O. The van der Waals surface area contributed by atoms with Gasteiger partial charge in [0.05, 0.1) is 11.4 Å². The molecule has 1 heterocycles. The summed E-state index contributed by atoms with van der Waals surface area (Å²) in [4.78, 5) is 12.3. The van der Waals surface area contributed by atoms with E-state index in [1.165, 1.54) is 0 Å². The molecule has 1 saturated heterocycles. The lowest BCUT2D eigenvalue weighted by Crippen LogP contribution is -2.47. The van der Waals surface area contributed by atoms with Crippen LogP contribution in [0.1, 0.15) is 61.9 Å². The van der Waals surface area contributed by atoms with Crippen molar-refractivity contribution in [2.75, 3.05) is 0 Å². The van der Waals surface area contributed by atoms with E-state index in [1.54, 1.807) is 23.4 Å². The zero-order valence-electron chi connectivity index (χ0n) is 15.4. The Kier molecular flexibility index (Phi) is 5.69. The van der Waals surface area contributed by atoms with E-state index in [9.17, 15) is 18.3 Å². The Morgan fingerprint density at radius 3 is 2.46 bits per heavy atom. The van der Waals surface area contributed by atoms with Crippen LogP contribution in [0.5, 0.6) is 0 Å². The molecule has 1 aliphatic heterocycles. The first-order valence-electron chi connectivity index (χ1n) is 9.36. The Morgan fingerprint density at radius 2 is 1.85 bits per heavy atom. The first-order valence-corrected chi connectivity index (χ1v) is 10.9. The fourth-order valence-electron chi connectivity index (χ4n) is 3.80. The number of aliphatic hydroxyl groups is 1. The van der Waals surface area contributed by atoms with Gasteiger partial charge in [-0.25, -0.2) is 8.42 Å². The molecule has 2 fully saturated rings.